The smallest absolute Gasteiger partial charge is 0.223 e. The number of phenolic OH excluding ortho intramolecular Hbond substituents is 1. The van der Waals surface area contributed by atoms with Crippen LogP contribution in [0.5, 0.6) is 5.75 Å². The predicted molar refractivity (Wildman–Crippen MR) is 57.4 cm³/mol. The molecule has 0 aliphatic heterocycles. The number of phenols is 1. The molecular formula is C12H15NO2. The van der Waals surface area contributed by atoms with Crippen molar-refractivity contribution in [2.24, 2.45) is 5.92 Å². The van der Waals surface area contributed by atoms with E-state index in [0.29, 0.717) is 0 Å². The number of nitrogens with one attached hydrogen (secondary N) is 1. The molecular weight excluding hydrogens is 190 g/mol. The molecule has 3 heteroatoms. The molecule has 1 saturated carbocycles. The summed E-state index contributed by atoms with van der Waals surface area (Å²) in [6.45, 7) is 1.95. The van der Waals surface area contributed by atoms with E-state index in [1.807, 2.05) is 19.1 Å². The Balaban J connectivity index is 1.97. The molecule has 1 atom stereocenters. The summed E-state index contributed by atoms with van der Waals surface area (Å²) in [4.78, 5) is 11.5. The molecule has 1 amide bonds. The van der Waals surface area contributed by atoms with Gasteiger partial charge in [-0.15, -0.1) is 0 Å². The van der Waals surface area contributed by atoms with Gasteiger partial charge in [-0.25, -0.2) is 0 Å². The minimum atomic E-state index is 0.0127. The molecule has 0 bridgehead atoms. The number of aromatic hydroxyl groups is 1. The van der Waals surface area contributed by atoms with Crippen molar-refractivity contribution < 1.29 is 9.90 Å². The molecule has 0 spiro atoms. The zero-order chi connectivity index (χ0) is 10.8. The topological polar surface area (TPSA) is 49.3 Å². The molecule has 3 nitrogen and oxygen atoms in total. The highest BCUT2D eigenvalue weighted by Gasteiger charge is 2.30. The van der Waals surface area contributed by atoms with E-state index in [1.165, 1.54) is 0 Å². The minimum absolute atomic E-state index is 0.0127. The zero-order valence-electron chi connectivity index (χ0n) is 8.73. The summed E-state index contributed by atoms with van der Waals surface area (Å²) < 4.78 is 0. The second kappa shape index (κ2) is 3.93. The van der Waals surface area contributed by atoms with E-state index in [-0.39, 0.29) is 23.6 Å². The van der Waals surface area contributed by atoms with Gasteiger partial charge < -0.3 is 10.4 Å². The average molecular weight is 205 g/mol. The first-order valence-electron chi connectivity index (χ1n) is 5.26. The number of hydrogen-bond acceptors (Lipinski definition) is 2. The van der Waals surface area contributed by atoms with Crippen molar-refractivity contribution in [2.45, 2.75) is 25.8 Å². The van der Waals surface area contributed by atoms with Gasteiger partial charge in [-0.3, -0.25) is 4.79 Å². The Kier molecular flexibility index (Phi) is 2.62. The summed E-state index contributed by atoms with van der Waals surface area (Å²) in [5.74, 6) is 0.639. The largest absolute Gasteiger partial charge is 0.508 e. The number of amides is 1. The number of carbonyl (C=O) groups is 1. The molecule has 0 saturated heterocycles. The van der Waals surface area contributed by atoms with Gasteiger partial charge in [0.15, 0.2) is 0 Å². The number of carbonyl (C=O) groups excluding carboxylic acids is 1. The van der Waals surface area contributed by atoms with Gasteiger partial charge in [0, 0.05) is 5.92 Å². The van der Waals surface area contributed by atoms with Gasteiger partial charge in [-0.2, -0.15) is 0 Å². The van der Waals surface area contributed by atoms with E-state index >= 15 is 0 Å². The lowest BCUT2D eigenvalue weighted by atomic mass is 10.1. The quantitative estimate of drug-likeness (QED) is 0.792. The van der Waals surface area contributed by atoms with Gasteiger partial charge >= 0.3 is 0 Å². The number of hydrogen-bond donors (Lipinski definition) is 2. The maximum Gasteiger partial charge on any atom is 0.223 e. The van der Waals surface area contributed by atoms with Gasteiger partial charge in [0.05, 0.1) is 6.04 Å². The predicted octanol–water partition coefficient (Wildman–Crippen LogP) is 1.98. The van der Waals surface area contributed by atoms with Gasteiger partial charge in [-0.1, -0.05) is 12.1 Å². The van der Waals surface area contributed by atoms with Crippen molar-refractivity contribution in [3.05, 3.63) is 29.8 Å². The molecule has 2 rings (SSSR count). The molecule has 1 aliphatic rings. The van der Waals surface area contributed by atoms with Crippen molar-refractivity contribution >= 4 is 5.91 Å². The molecule has 1 aliphatic carbocycles. The van der Waals surface area contributed by atoms with Crippen LogP contribution in [0.4, 0.5) is 0 Å². The zero-order valence-corrected chi connectivity index (χ0v) is 8.73. The molecule has 1 aromatic carbocycles. The van der Waals surface area contributed by atoms with E-state index < -0.39 is 0 Å². The third kappa shape index (κ3) is 2.49. The lowest BCUT2D eigenvalue weighted by molar-refractivity contribution is -0.122. The summed E-state index contributed by atoms with van der Waals surface area (Å²) >= 11 is 0. The fourth-order valence-corrected chi connectivity index (χ4v) is 1.52. The molecule has 80 valence electrons. The molecule has 1 fully saturated rings. The lowest BCUT2D eigenvalue weighted by Gasteiger charge is -2.13. The van der Waals surface area contributed by atoms with Gasteiger partial charge in [0.25, 0.3) is 0 Å². The second-order valence-corrected chi connectivity index (χ2v) is 4.10. The Morgan fingerprint density at radius 2 is 2.00 bits per heavy atom. The number of rotatable bonds is 3. The van der Waals surface area contributed by atoms with Crippen LogP contribution >= 0.6 is 0 Å². The van der Waals surface area contributed by atoms with Crippen LogP contribution in [0, 0.1) is 5.92 Å². The SMILES string of the molecule is C[C@H](NC(=O)C1CC1)c1ccc(O)cc1. The number of benzene rings is 1. The third-order valence-electron chi connectivity index (χ3n) is 2.70. The monoisotopic (exact) mass is 205 g/mol. The first-order valence-corrected chi connectivity index (χ1v) is 5.26. The Hall–Kier alpha value is -1.51. The normalized spacial score (nSPS) is 17.1. The highest BCUT2D eigenvalue weighted by atomic mass is 16.3. The van der Waals surface area contributed by atoms with Crippen LogP contribution in [0.1, 0.15) is 31.4 Å². The van der Waals surface area contributed by atoms with E-state index in [2.05, 4.69) is 5.32 Å². The Bertz CT molecular complexity index is 354. The summed E-state index contributed by atoms with van der Waals surface area (Å²) in [7, 11) is 0. The van der Waals surface area contributed by atoms with Crippen molar-refractivity contribution in [1.82, 2.24) is 5.32 Å². The molecule has 0 radical (unpaired) electrons. The Labute approximate surface area is 89.1 Å². The summed E-state index contributed by atoms with van der Waals surface area (Å²) in [5.41, 5.74) is 1.02. The standard InChI is InChI=1S/C12H15NO2/c1-8(13-12(15)10-2-3-10)9-4-6-11(14)7-5-9/h4-8,10,14H,2-3H2,1H3,(H,13,15)/t8-/m0/s1. The maximum absolute atomic E-state index is 11.5. The highest BCUT2D eigenvalue weighted by molar-refractivity contribution is 5.81. The molecule has 2 N–H and O–H groups in total. The molecule has 0 unspecified atom stereocenters. The van der Waals surface area contributed by atoms with Gasteiger partial charge in [-0.05, 0) is 37.5 Å². The van der Waals surface area contributed by atoms with Gasteiger partial charge in [0.1, 0.15) is 5.75 Å². The molecule has 15 heavy (non-hydrogen) atoms. The van der Waals surface area contributed by atoms with Crippen LogP contribution < -0.4 is 5.32 Å². The lowest BCUT2D eigenvalue weighted by Crippen LogP contribution is -2.27. The average Bonchev–Trinajstić information content (AvgIpc) is 3.01. The summed E-state index contributed by atoms with van der Waals surface area (Å²) in [6, 6.07) is 6.93. The van der Waals surface area contributed by atoms with Crippen molar-refractivity contribution in [2.75, 3.05) is 0 Å². The fourth-order valence-electron chi connectivity index (χ4n) is 1.52. The van der Waals surface area contributed by atoms with Crippen LogP contribution in [-0.4, -0.2) is 11.0 Å². The maximum atomic E-state index is 11.5. The van der Waals surface area contributed by atoms with Crippen molar-refractivity contribution in [3.8, 4) is 5.75 Å². The van der Waals surface area contributed by atoms with Crippen molar-refractivity contribution in [1.29, 1.82) is 0 Å². The van der Waals surface area contributed by atoms with Gasteiger partial charge in [0.2, 0.25) is 5.91 Å². The van der Waals surface area contributed by atoms with E-state index in [1.54, 1.807) is 12.1 Å². The van der Waals surface area contributed by atoms with Crippen LogP contribution in [0.2, 0.25) is 0 Å². The Morgan fingerprint density at radius 3 is 2.53 bits per heavy atom. The summed E-state index contributed by atoms with van der Waals surface area (Å²) in [6.07, 6.45) is 2.04. The summed E-state index contributed by atoms with van der Waals surface area (Å²) in [5, 5.41) is 12.1. The molecule has 1 aromatic rings. The third-order valence-corrected chi connectivity index (χ3v) is 2.70. The van der Waals surface area contributed by atoms with Crippen LogP contribution in [-0.2, 0) is 4.79 Å². The van der Waals surface area contributed by atoms with Crippen LogP contribution in [0.15, 0.2) is 24.3 Å². The Morgan fingerprint density at radius 1 is 1.40 bits per heavy atom. The van der Waals surface area contributed by atoms with Crippen molar-refractivity contribution in [3.63, 3.8) is 0 Å². The molecule has 0 aromatic heterocycles. The van der Waals surface area contributed by atoms with Crippen LogP contribution in [0.3, 0.4) is 0 Å². The van der Waals surface area contributed by atoms with E-state index in [4.69, 9.17) is 5.11 Å². The minimum Gasteiger partial charge on any atom is -0.508 e. The first kappa shape index (κ1) is 10.0. The fraction of sp³-hybridized carbons (Fsp3) is 0.417. The van der Waals surface area contributed by atoms with Crippen LogP contribution in [0.25, 0.3) is 0 Å². The second-order valence-electron chi connectivity index (χ2n) is 4.10. The van der Waals surface area contributed by atoms with E-state index in [0.717, 1.165) is 18.4 Å². The first-order chi connectivity index (χ1) is 7.16. The van der Waals surface area contributed by atoms with E-state index in [9.17, 15) is 4.79 Å². The molecule has 0 heterocycles. The highest BCUT2D eigenvalue weighted by Crippen LogP contribution is 2.29.